The van der Waals surface area contributed by atoms with Crippen molar-refractivity contribution in [2.24, 2.45) is 17.2 Å². The van der Waals surface area contributed by atoms with Crippen molar-refractivity contribution in [1.82, 2.24) is 0 Å². The minimum absolute atomic E-state index is 0.159. The Morgan fingerprint density at radius 1 is 0.875 bits per heavy atom. The maximum Gasteiger partial charge on any atom is 0.320 e. The van der Waals surface area contributed by atoms with E-state index in [0.29, 0.717) is 19.4 Å². The molecule has 0 saturated heterocycles. The molecule has 0 aromatic carbocycles. The number of amides is 1. The number of hydrogen-bond donors (Lipinski definition) is 4. The van der Waals surface area contributed by atoms with E-state index in [4.69, 9.17) is 22.3 Å². The summed E-state index contributed by atoms with van der Waals surface area (Å²) in [4.78, 5) is 20.6. The van der Waals surface area contributed by atoms with E-state index in [1.807, 2.05) is 0 Å². The summed E-state index contributed by atoms with van der Waals surface area (Å²) >= 11 is 0. The number of carbonyl (C=O) groups is 2. The number of hydrogen-bond acceptors (Lipinski definition) is 4. The highest BCUT2D eigenvalue weighted by molar-refractivity contribution is 5.73. The lowest BCUT2D eigenvalue weighted by atomic mass is 10.1. The number of carboxylic acid groups (broad SMARTS) is 1. The molecule has 1 unspecified atom stereocenters. The molecule has 0 aliphatic rings. The van der Waals surface area contributed by atoms with Gasteiger partial charge in [-0.2, -0.15) is 0 Å². The smallest absolute Gasteiger partial charge is 0.320 e. The maximum atomic E-state index is 10.4. The Labute approximate surface area is 147 Å². The lowest BCUT2D eigenvalue weighted by Crippen LogP contribution is -2.29. The fourth-order valence-corrected chi connectivity index (χ4v) is 2.24. The molecule has 0 bridgehead atoms. The van der Waals surface area contributed by atoms with Gasteiger partial charge in [0.15, 0.2) is 0 Å². The number of rotatable bonds is 15. The Balaban J connectivity index is 0. The van der Waals surface area contributed by atoms with Crippen molar-refractivity contribution in [3.8, 4) is 0 Å². The van der Waals surface area contributed by atoms with Gasteiger partial charge in [0, 0.05) is 6.42 Å². The number of primary amides is 1. The largest absolute Gasteiger partial charge is 0.480 e. The summed E-state index contributed by atoms with van der Waals surface area (Å²) in [6, 6.07) is -0.716. The summed E-state index contributed by atoms with van der Waals surface area (Å²) in [5, 5.41) is 8.33. The standard InChI is InChI=1S/C12H25NO.C6H14N2O2/c1-2-3-4-5-6-7-8-9-10-11-12(13)14;7-4-2-1-3-5(8)6(9)10/h2-11H2,1H3,(H2,13,14);5H,1-4,7-8H2,(H,9,10). The van der Waals surface area contributed by atoms with Gasteiger partial charge in [-0.15, -0.1) is 0 Å². The highest BCUT2D eigenvalue weighted by atomic mass is 16.4. The van der Waals surface area contributed by atoms with Gasteiger partial charge < -0.3 is 22.3 Å². The molecular weight excluding hydrogens is 306 g/mol. The zero-order valence-electron chi connectivity index (χ0n) is 15.5. The van der Waals surface area contributed by atoms with Crippen molar-refractivity contribution in [2.75, 3.05) is 6.54 Å². The molecule has 0 spiro atoms. The zero-order valence-corrected chi connectivity index (χ0v) is 15.5. The van der Waals surface area contributed by atoms with E-state index in [1.165, 1.54) is 44.9 Å². The van der Waals surface area contributed by atoms with Crippen LogP contribution in [-0.4, -0.2) is 29.6 Å². The Kier molecular flexibility index (Phi) is 20.8. The lowest BCUT2D eigenvalue weighted by Gasteiger charge is -2.03. The van der Waals surface area contributed by atoms with E-state index >= 15 is 0 Å². The summed E-state index contributed by atoms with van der Waals surface area (Å²) in [5.74, 6) is -1.09. The van der Waals surface area contributed by atoms with Crippen LogP contribution in [0.2, 0.25) is 0 Å². The van der Waals surface area contributed by atoms with Gasteiger partial charge in [0.2, 0.25) is 5.91 Å². The highest BCUT2D eigenvalue weighted by Gasteiger charge is 2.09. The van der Waals surface area contributed by atoms with Crippen LogP contribution in [0, 0.1) is 0 Å². The van der Waals surface area contributed by atoms with Gasteiger partial charge in [0.1, 0.15) is 6.04 Å². The molecule has 144 valence electrons. The molecular formula is C18H39N3O3. The van der Waals surface area contributed by atoms with Crippen molar-refractivity contribution < 1.29 is 14.7 Å². The Bertz CT molecular complexity index is 299. The molecule has 0 fully saturated rings. The van der Waals surface area contributed by atoms with Crippen LogP contribution in [0.1, 0.15) is 90.4 Å². The molecule has 1 amide bonds. The molecule has 7 N–H and O–H groups in total. The molecule has 0 aliphatic heterocycles. The Morgan fingerprint density at radius 2 is 1.38 bits per heavy atom. The second-order valence-electron chi connectivity index (χ2n) is 6.27. The third-order valence-electron chi connectivity index (χ3n) is 3.81. The third-order valence-corrected chi connectivity index (χ3v) is 3.81. The number of aliphatic carboxylic acids is 1. The monoisotopic (exact) mass is 345 g/mol. The fraction of sp³-hybridized carbons (Fsp3) is 0.889. The molecule has 6 heteroatoms. The van der Waals surface area contributed by atoms with Gasteiger partial charge in [-0.05, 0) is 25.8 Å². The molecule has 0 rings (SSSR count). The van der Waals surface area contributed by atoms with Crippen LogP contribution in [0.3, 0.4) is 0 Å². The molecule has 0 saturated carbocycles. The highest BCUT2D eigenvalue weighted by Crippen LogP contribution is 2.10. The molecule has 0 aromatic heterocycles. The second-order valence-corrected chi connectivity index (χ2v) is 6.27. The second kappa shape index (κ2) is 19.9. The average molecular weight is 346 g/mol. The topological polar surface area (TPSA) is 132 Å². The van der Waals surface area contributed by atoms with Crippen molar-refractivity contribution in [1.29, 1.82) is 0 Å². The summed E-state index contributed by atoms with van der Waals surface area (Å²) < 4.78 is 0. The quantitative estimate of drug-likeness (QED) is 0.339. The Morgan fingerprint density at radius 3 is 1.79 bits per heavy atom. The SMILES string of the molecule is CCCCCCCCCCCC(N)=O.NCCCCC(N)C(=O)O. The zero-order chi connectivity index (χ0) is 18.6. The van der Waals surface area contributed by atoms with Gasteiger partial charge in [-0.3, -0.25) is 9.59 Å². The predicted molar refractivity (Wildman–Crippen MR) is 99.6 cm³/mol. The number of unbranched alkanes of at least 4 members (excludes halogenated alkanes) is 9. The van der Waals surface area contributed by atoms with Gasteiger partial charge in [0.05, 0.1) is 0 Å². The minimum atomic E-state index is -0.933. The first-order valence-corrected chi connectivity index (χ1v) is 9.42. The Hall–Kier alpha value is -1.14. The van der Waals surface area contributed by atoms with Gasteiger partial charge in [0.25, 0.3) is 0 Å². The van der Waals surface area contributed by atoms with Gasteiger partial charge in [-0.25, -0.2) is 0 Å². The van der Waals surface area contributed by atoms with Crippen LogP contribution in [0.25, 0.3) is 0 Å². The summed E-state index contributed by atoms with van der Waals surface area (Å²) in [6.45, 7) is 2.84. The molecule has 1 atom stereocenters. The minimum Gasteiger partial charge on any atom is -0.480 e. The first-order chi connectivity index (χ1) is 11.5. The fourth-order valence-electron chi connectivity index (χ4n) is 2.24. The van der Waals surface area contributed by atoms with E-state index in [9.17, 15) is 9.59 Å². The first-order valence-electron chi connectivity index (χ1n) is 9.42. The van der Waals surface area contributed by atoms with Crippen LogP contribution in [-0.2, 0) is 9.59 Å². The van der Waals surface area contributed by atoms with Crippen molar-refractivity contribution in [2.45, 2.75) is 96.4 Å². The lowest BCUT2D eigenvalue weighted by molar-refractivity contribution is -0.138. The number of carboxylic acids is 1. The summed E-state index contributed by atoms with van der Waals surface area (Å²) in [5.41, 5.74) is 15.5. The molecule has 0 aromatic rings. The van der Waals surface area contributed by atoms with Crippen LogP contribution >= 0.6 is 0 Å². The predicted octanol–water partition coefficient (Wildman–Crippen LogP) is 2.92. The summed E-state index contributed by atoms with van der Waals surface area (Å²) in [6.07, 6.45) is 14.3. The van der Waals surface area contributed by atoms with E-state index in [1.54, 1.807) is 0 Å². The van der Waals surface area contributed by atoms with E-state index in [2.05, 4.69) is 6.92 Å². The molecule has 0 heterocycles. The van der Waals surface area contributed by atoms with Crippen LogP contribution in [0.4, 0.5) is 0 Å². The first kappa shape index (κ1) is 25.1. The van der Waals surface area contributed by atoms with Crippen LogP contribution < -0.4 is 17.2 Å². The molecule has 24 heavy (non-hydrogen) atoms. The van der Waals surface area contributed by atoms with Crippen LogP contribution in [0.15, 0.2) is 0 Å². The third kappa shape index (κ3) is 23.1. The molecule has 6 nitrogen and oxygen atoms in total. The van der Waals surface area contributed by atoms with E-state index in [-0.39, 0.29) is 5.91 Å². The van der Waals surface area contributed by atoms with Crippen molar-refractivity contribution in [3.63, 3.8) is 0 Å². The molecule has 0 aliphatic carbocycles. The van der Waals surface area contributed by atoms with Crippen molar-refractivity contribution >= 4 is 11.9 Å². The average Bonchev–Trinajstić information content (AvgIpc) is 2.53. The number of nitrogens with two attached hydrogens (primary N) is 3. The number of carbonyl (C=O) groups excluding carboxylic acids is 1. The maximum absolute atomic E-state index is 10.4. The van der Waals surface area contributed by atoms with Crippen LogP contribution in [0.5, 0.6) is 0 Å². The van der Waals surface area contributed by atoms with Gasteiger partial charge in [-0.1, -0.05) is 64.7 Å². The van der Waals surface area contributed by atoms with E-state index in [0.717, 1.165) is 25.7 Å². The van der Waals surface area contributed by atoms with Crippen molar-refractivity contribution in [3.05, 3.63) is 0 Å². The normalized spacial score (nSPS) is 11.5. The summed E-state index contributed by atoms with van der Waals surface area (Å²) in [7, 11) is 0. The van der Waals surface area contributed by atoms with Gasteiger partial charge >= 0.3 is 5.97 Å². The molecule has 0 radical (unpaired) electrons. The van der Waals surface area contributed by atoms with E-state index < -0.39 is 12.0 Å².